The first-order valence-corrected chi connectivity index (χ1v) is 4.99. The number of rotatable bonds is 6. The molecule has 0 saturated carbocycles. The highest BCUT2D eigenvalue weighted by atomic mass is 32.1. The quantitative estimate of drug-likeness (QED) is 0.569. The molecule has 0 aliphatic rings. The van der Waals surface area contributed by atoms with E-state index in [1.807, 2.05) is 0 Å². The van der Waals surface area contributed by atoms with Crippen molar-refractivity contribution >= 4 is 18.0 Å². The Labute approximate surface area is 93.8 Å². The Morgan fingerprint density at radius 1 is 1.47 bits per heavy atom. The van der Waals surface area contributed by atoms with Gasteiger partial charge in [-0.25, -0.2) is 4.98 Å². The van der Waals surface area contributed by atoms with E-state index in [0.29, 0.717) is 23.7 Å². The number of hydrogen-bond acceptors (Lipinski definition) is 5. The Morgan fingerprint density at radius 2 is 2.27 bits per heavy atom. The van der Waals surface area contributed by atoms with E-state index in [0.717, 1.165) is 12.4 Å². The maximum absolute atomic E-state index is 5.02. The standard InChI is InChI=1S/C9H15N3O2S/c1-13-4-3-10-7-5-9(15)12-8(11-7)6-14-2/h5H,3-4,6H2,1-2H3,(H2,10,11,12,15). The Kier molecular flexibility index (Phi) is 5.23. The molecule has 0 amide bonds. The van der Waals surface area contributed by atoms with Crippen LogP contribution < -0.4 is 5.32 Å². The van der Waals surface area contributed by atoms with E-state index < -0.39 is 0 Å². The van der Waals surface area contributed by atoms with E-state index in [2.05, 4.69) is 15.3 Å². The normalized spacial score (nSPS) is 10.3. The first kappa shape index (κ1) is 12.1. The Morgan fingerprint density at radius 3 is 2.93 bits per heavy atom. The number of nitrogens with zero attached hydrogens (tertiary/aromatic N) is 1. The number of hydrogen-bond donors (Lipinski definition) is 2. The van der Waals surface area contributed by atoms with Crippen LogP contribution >= 0.6 is 12.2 Å². The molecule has 2 N–H and O–H groups in total. The smallest absolute Gasteiger partial charge is 0.135 e. The Bertz CT molecular complexity index is 353. The van der Waals surface area contributed by atoms with Gasteiger partial charge in [0.1, 0.15) is 22.9 Å². The molecule has 0 unspecified atom stereocenters. The molecular weight excluding hydrogens is 214 g/mol. The minimum Gasteiger partial charge on any atom is -0.383 e. The van der Waals surface area contributed by atoms with Gasteiger partial charge in [-0.05, 0) is 0 Å². The predicted molar refractivity (Wildman–Crippen MR) is 60.5 cm³/mol. The minimum absolute atomic E-state index is 0.420. The van der Waals surface area contributed by atoms with Crippen LogP contribution in [-0.2, 0) is 16.1 Å². The molecule has 0 aromatic carbocycles. The molecule has 0 bridgehead atoms. The van der Waals surface area contributed by atoms with E-state index in [1.54, 1.807) is 20.3 Å². The van der Waals surface area contributed by atoms with Crippen molar-refractivity contribution in [2.24, 2.45) is 0 Å². The lowest BCUT2D eigenvalue weighted by Crippen LogP contribution is -2.10. The van der Waals surface area contributed by atoms with Gasteiger partial charge in [0.15, 0.2) is 0 Å². The van der Waals surface area contributed by atoms with Gasteiger partial charge in [0.2, 0.25) is 0 Å². The van der Waals surface area contributed by atoms with Crippen molar-refractivity contribution in [1.29, 1.82) is 0 Å². The number of anilines is 1. The summed E-state index contributed by atoms with van der Waals surface area (Å²) in [4.78, 5) is 7.19. The van der Waals surface area contributed by atoms with Crippen molar-refractivity contribution in [2.45, 2.75) is 6.61 Å². The highest BCUT2D eigenvalue weighted by Gasteiger charge is 1.97. The van der Waals surface area contributed by atoms with Crippen molar-refractivity contribution in [3.8, 4) is 0 Å². The number of ether oxygens (including phenoxy) is 2. The van der Waals surface area contributed by atoms with Crippen LogP contribution in [0, 0.1) is 4.64 Å². The van der Waals surface area contributed by atoms with Gasteiger partial charge in [0.25, 0.3) is 0 Å². The third-order valence-electron chi connectivity index (χ3n) is 1.69. The fraction of sp³-hybridized carbons (Fsp3) is 0.556. The fourth-order valence-electron chi connectivity index (χ4n) is 1.10. The molecule has 5 nitrogen and oxygen atoms in total. The van der Waals surface area contributed by atoms with Crippen LogP contribution in [0.3, 0.4) is 0 Å². The fourth-order valence-corrected chi connectivity index (χ4v) is 1.32. The topological polar surface area (TPSA) is 59.2 Å². The van der Waals surface area contributed by atoms with Crippen LogP contribution in [0.25, 0.3) is 0 Å². The van der Waals surface area contributed by atoms with Gasteiger partial charge < -0.3 is 19.8 Å². The van der Waals surface area contributed by atoms with Gasteiger partial charge in [0.05, 0.1) is 6.61 Å². The zero-order valence-electron chi connectivity index (χ0n) is 8.87. The van der Waals surface area contributed by atoms with Crippen molar-refractivity contribution in [3.05, 3.63) is 16.5 Å². The summed E-state index contributed by atoms with van der Waals surface area (Å²) in [5.41, 5.74) is 0. The van der Waals surface area contributed by atoms with Crippen LogP contribution in [0.1, 0.15) is 5.82 Å². The molecule has 84 valence electrons. The molecule has 0 aliphatic carbocycles. The van der Waals surface area contributed by atoms with Crippen molar-refractivity contribution in [1.82, 2.24) is 9.97 Å². The second kappa shape index (κ2) is 6.49. The molecule has 1 aromatic heterocycles. The average molecular weight is 229 g/mol. The number of aromatic nitrogens is 2. The molecule has 0 saturated heterocycles. The maximum Gasteiger partial charge on any atom is 0.135 e. The summed E-state index contributed by atoms with van der Waals surface area (Å²) in [7, 11) is 3.27. The zero-order valence-corrected chi connectivity index (χ0v) is 9.69. The van der Waals surface area contributed by atoms with Crippen LogP contribution in [0.2, 0.25) is 0 Å². The number of H-pyrrole nitrogens is 1. The van der Waals surface area contributed by atoms with Gasteiger partial charge >= 0.3 is 0 Å². The SMILES string of the molecule is COCCNc1cc(=S)nc(COC)[nH]1. The first-order chi connectivity index (χ1) is 7.26. The summed E-state index contributed by atoms with van der Waals surface area (Å²) in [6.45, 7) is 1.78. The predicted octanol–water partition coefficient (Wildman–Crippen LogP) is 1.34. The van der Waals surface area contributed by atoms with Gasteiger partial charge in [-0.1, -0.05) is 12.2 Å². The molecule has 1 rings (SSSR count). The van der Waals surface area contributed by atoms with Crippen molar-refractivity contribution in [2.75, 3.05) is 32.7 Å². The molecule has 15 heavy (non-hydrogen) atoms. The average Bonchev–Trinajstić information content (AvgIpc) is 2.18. The lowest BCUT2D eigenvalue weighted by molar-refractivity contribution is 0.177. The van der Waals surface area contributed by atoms with Crippen LogP contribution in [0.5, 0.6) is 0 Å². The molecular formula is C9H15N3O2S. The Balaban J connectivity index is 2.66. The lowest BCUT2D eigenvalue weighted by Gasteiger charge is -2.07. The number of nitrogens with one attached hydrogen (secondary N) is 2. The minimum atomic E-state index is 0.420. The van der Waals surface area contributed by atoms with Gasteiger partial charge in [0, 0.05) is 26.8 Å². The van der Waals surface area contributed by atoms with E-state index in [1.165, 1.54) is 0 Å². The summed E-state index contributed by atoms with van der Waals surface area (Å²) in [5, 5.41) is 3.14. The molecule has 6 heteroatoms. The molecule has 1 aromatic rings. The molecule has 0 aliphatic heterocycles. The summed E-state index contributed by atoms with van der Waals surface area (Å²) < 4.78 is 10.4. The van der Waals surface area contributed by atoms with Crippen LogP contribution in [-0.4, -0.2) is 37.3 Å². The maximum atomic E-state index is 5.02. The van der Waals surface area contributed by atoms with Crippen LogP contribution in [0.4, 0.5) is 5.82 Å². The Hall–Kier alpha value is -0.980. The largest absolute Gasteiger partial charge is 0.383 e. The summed E-state index contributed by atoms with van der Waals surface area (Å²) in [6.07, 6.45) is 0. The molecule has 0 atom stereocenters. The van der Waals surface area contributed by atoms with Crippen molar-refractivity contribution < 1.29 is 9.47 Å². The van der Waals surface area contributed by atoms with E-state index in [9.17, 15) is 0 Å². The van der Waals surface area contributed by atoms with Gasteiger partial charge in [-0.15, -0.1) is 0 Å². The van der Waals surface area contributed by atoms with E-state index in [-0.39, 0.29) is 0 Å². The highest BCUT2D eigenvalue weighted by molar-refractivity contribution is 7.71. The summed E-state index contributed by atoms with van der Waals surface area (Å²) in [5.74, 6) is 1.55. The summed E-state index contributed by atoms with van der Waals surface area (Å²) >= 11 is 5.02. The second-order valence-corrected chi connectivity index (χ2v) is 3.35. The number of aromatic amines is 1. The molecule has 0 spiro atoms. The second-order valence-electron chi connectivity index (χ2n) is 2.93. The lowest BCUT2D eigenvalue weighted by atomic mass is 10.5. The third kappa shape index (κ3) is 4.37. The first-order valence-electron chi connectivity index (χ1n) is 4.58. The highest BCUT2D eigenvalue weighted by Crippen LogP contribution is 2.04. The zero-order chi connectivity index (χ0) is 11.1. The van der Waals surface area contributed by atoms with Crippen LogP contribution in [0.15, 0.2) is 6.07 Å². The molecule has 1 heterocycles. The molecule has 0 fully saturated rings. The molecule has 0 radical (unpaired) electrons. The van der Waals surface area contributed by atoms with Gasteiger partial charge in [-0.2, -0.15) is 0 Å². The monoisotopic (exact) mass is 229 g/mol. The summed E-state index contributed by atoms with van der Waals surface area (Å²) in [6, 6.07) is 1.77. The van der Waals surface area contributed by atoms with Crippen molar-refractivity contribution in [3.63, 3.8) is 0 Å². The van der Waals surface area contributed by atoms with E-state index in [4.69, 9.17) is 21.7 Å². The third-order valence-corrected chi connectivity index (χ3v) is 1.90. The number of methoxy groups -OCH3 is 2. The van der Waals surface area contributed by atoms with E-state index >= 15 is 0 Å². The van der Waals surface area contributed by atoms with Gasteiger partial charge in [-0.3, -0.25) is 0 Å².